The molecule has 0 aromatic heterocycles. The summed E-state index contributed by atoms with van der Waals surface area (Å²) < 4.78 is 8.93. The summed E-state index contributed by atoms with van der Waals surface area (Å²) in [5.41, 5.74) is -1.29. The van der Waals surface area contributed by atoms with Gasteiger partial charge in [-0.3, -0.25) is 9.59 Å². The molecule has 0 heterocycles. The summed E-state index contributed by atoms with van der Waals surface area (Å²) in [6.45, 7) is 0. The molecule has 1 rings (SSSR count). The molecule has 0 bridgehead atoms. The minimum atomic E-state index is -1.29. The summed E-state index contributed by atoms with van der Waals surface area (Å²) in [6, 6.07) is 0. The number of Topliss-reactive ketones (excluding diaryl/α,β-unsaturated/α-hetero) is 1. The van der Waals surface area contributed by atoms with Crippen LogP contribution in [-0.2, 0) is 23.9 Å². The van der Waals surface area contributed by atoms with E-state index < -0.39 is 23.1 Å². The molecule has 1 aliphatic rings. The average Bonchev–Trinajstić information content (AvgIpc) is 2.76. The van der Waals surface area contributed by atoms with Crippen LogP contribution < -0.4 is 0 Å². The van der Waals surface area contributed by atoms with E-state index >= 15 is 0 Å². The molecule has 0 aromatic carbocycles. The summed E-state index contributed by atoms with van der Waals surface area (Å²) in [7, 11) is 2.34. The minimum absolute atomic E-state index is 0.369. The van der Waals surface area contributed by atoms with E-state index in [-0.39, 0.29) is 0 Å². The van der Waals surface area contributed by atoms with Gasteiger partial charge in [0.05, 0.1) is 14.2 Å². The fourth-order valence-electron chi connectivity index (χ4n) is 1.99. The van der Waals surface area contributed by atoms with Gasteiger partial charge in [-0.05, 0) is 12.8 Å². The second-order valence-corrected chi connectivity index (χ2v) is 3.60. The number of ether oxygens (including phenoxy) is 2. The highest BCUT2D eigenvalue weighted by Gasteiger charge is 2.52. The first kappa shape index (κ1) is 11.7. The number of methoxy groups -OCH3 is 2. The van der Waals surface area contributed by atoms with Crippen molar-refractivity contribution in [3.8, 4) is 0 Å². The van der Waals surface area contributed by atoms with Gasteiger partial charge >= 0.3 is 11.9 Å². The van der Waals surface area contributed by atoms with Gasteiger partial charge < -0.3 is 9.47 Å². The number of carbonyl (C=O) groups excluding carboxylic acids is 3. The number of carbonyl (C=O) groups is 3. The third-order valence-electron chi connectivity index (χ3n) is 2.84. The average molecular weight is 214 g/mol. The van der Waals surface area contributed by atoms with Crippen LogP contribution in [0.25, 0.3) is 0 Å². The minimum Gasteiger partial charge on any atom is -0.468 e. The van der Waals surface area contributed by atoms with Crippen LogP contribution in [0, 0.1) is 5.41 Å². The molecule has 0 atom stereocenters. The van der Waals surface area contributed by atoms with Gasteiger partial charge in [-0.2, -0.15) is 0 Å². The Morgan fingerprint density at radius 3 is 1.93 bits per heavy atom. The van der Waals surface area contributed by atoms with Gasteiger partial charge in [-0.1, -0.05) is 12.8 Å². The van der Waals surface area contributed by atoms with E-state index in [0.29, 0.717) is 12.8 Å². The van der Waals surface area contributed by atoms with Gasteiger partial charge in [-0.25, -0.2) is 4.79 Å². The highest BCUT2D eigenvalue weighted by Crippen LogP contribution is 2.40. The van der Waals surface area contributed by atoms with Crippen LogP contribution in [-0.4, -0.2) is 31.9 Å². The molecule has 15 heavy (non-hydrogen) atoms. The topological polar surface area (TPSA) is 69.7 Å². The lowest BCUT2D eigenvalue weighted by molar-refractivity contribution is -0.166. The Bertz CT molecular complexity index is 288. The second kappa shape index (κ2) is 4.42. The zero-order chi connectivity index (χ0) is 11.5. The zero-order valence-corrected chi connectivity index (χ0v) is 8.87. The Kier molecular flexibility index (Phi) is 3.44. The van der Waals surface area contributed by atoms with Gasteiger partial charge in [0.1, 0.15) is 5.41 Å². The normalized spacial score (nSPS) is 18.3. The first-order valence-corrected chi connectivity index (χ1v) is 4.79. The SMILES string of the molecule is COC(=O)C(=O)C1(C(=O)OC)CCCC1. The lowest BCUT2D eigenvalue weighted by Crippen LogP contribution is -2.42. The molecule has 0 radical (unpaired) electrons. The van der Waals surface area contributed by atoms with E-state index in [1.807, 2.05) is 0 Å². The molecule has 5 heteroatoms. The fraction of sp³-hybridized carbons (Fsp3) is 0.700. The van der Waals surface area contributed by atoms with Crippen molar-refractivity contribution in [2.24, 2.45) is 5.41 Å². The third-order valence-corrected chi connectivity index (χ3v) is 2.84. The maximum absolute atomic E-state index is 11.7. The van der Waals surface area contributed by atoms with Crippen LogP contribution in [0.3, 0.4) is 0 Å². The van der Waals surface area contributed by atoms with Crippen LogP contribution in [0.5, 0.6) is 0 Å². The van der Waals surface area contributed by atoms with E-state index in [2.05, 4.69) is 9.47 Å². The van der Waals surface area contributed by atoms with Gasteiger partial charge in [-0.15, -0.1) is 0 Å². The Morgan fingerprint density at radius 1 is 1.00 bits per heavy atom. The Morgan fingerprint density at radius 2 is 1.53 bits per heavy atom. The summed E-state index contributed by atoms with van der Waals surface area (Å²) in [5, 5.41) is 0. The highest BCUT2D eigenvalue weighted by atomic mass is 16.5. The molecule has 0 amide bonds. The predicted octanol–water partition coefficient (Wildman–Crippen LogP) is 0.462. The maximum Gasteiger partial charge on any atom is 0.375 e. The van der Waals surface area contributed by atoms with Crippen molar-refractivity contribution in [1.29, 1.82) is 0 Å². The summed E-state index contributed by atoms with van der Waals surface area (Å²) in [4.78, 5) is 34.4. The van der Waals surface area contributed by atoms with Crippen LogP contribution in [0.15, 0.2) is 0 Å². The van der Waals surface area contributed by atoms with E-state index in [0.717, 1.165) is 20.0 Å². The molecule has 0 saturated heterocycles. The monoisotopic (exact) mass is 214 g/mol. The summed E-state index contributed by atoms with van der Waals surface area (Å²) in [5.74, 6) is -2.38. The molecule has 1 aliphatic carbocycles. The molecule has 84 valence electrons. The second-order valence-electron chi connectivity index (χ2n) is 3.60. The van der Waals surface area contributed by atoms with E-state index in [4.69, 9.17) is 0 Å². The molecule has 0 spiro atoms. The number of esters is 2. The van der Waals surface area contributed by atoms with Gasteiger partial charge in [0.2, 0.25) is 0 Å². The standard InChI is InChI=1S/C10H14O5/c1-14-8(12)7(11)10(9(13)15-2)5-3-4-6-10/h3-6H2,1-2H3. The van der Waals surface area contributed by atoms with Crippen molar-refractivity contribution in [2.75, 3.05) is 14.2 Å². The molecule has 5 nitrogen and oxygen atoms in total. The molecule has 1 saturated carbocycles. The lowest BCUT2D eigenvalue weighted by atomic mass is 9.81. The molecule has 0 aliphatic heterocycles. The first-order chi connectivity index (χ1) is 7.08. The van der Waals surface area contributed by atoms with Gasteiger partial charge in [0.25, 0.3) is 5.78 Å². The third kappa shape index (κ3) is 1.86. The fourth-order valence-corrected chi connectivity index (χ4v) is 1.99. The molecular weight excluding hydrogens is 200 g/mol. The maximum atomic E-state index is 11.7. The largest absolute Gasteiger partial charge is 0.468 e. The Hall–Kier alpha value is -1.39. The zero-order valence-electron chi connectivity index (χ0n) is 8.87. The highest BCUT2D eigenvalue weighted by molar-refractivity contribution is 6.39. The van der Waals surface area contributed by atoms with Crippen molar-refractivity contribution in [2.45, 2.75) is 25.7 Å². The number of ketones is 1. The molecule has 0 unspecified atom stereocenters. The van der Waals surface area contributed by atoms with Gasteiger partial charge in [0.15, 0.2) is 0 Å². The van der Waals surface area contributed by atoms with Crippen molar-refractivity contribution in [1.82, 2.24) is 0 Å². The number of rotatable bonds is 3. The van der Waals surface area contributed by atoms with Crippen LogP contribution in [0.1, 0.15) is 25.7 Å². The predicted molar refractivity (Wildman–Crippen MR) is 49.9 cm³/mol. The quantitative estimate of drug-likeness (QED) is 0.388. The van der Waals surface area contributed by atoms with Crippen LogP contribution in [0.2, 0.25) is 0 Å². The lowest BCUT2D eigenvalue weighted by Gasteiger charge is -2.22. The van der Waals surface area contributed by atoms with Crippen molar-refractivity contribution < 1.29 is 23.9 Å². The number of hydrogen-bond donors (Lipinski definition) is 0. The van der Waals surface area contributed by atoms with E-state index in [9.17, 15) is 14.4 Å². The first-order valence-electron chi connectivity index (χ1n) is 4.79. The smallest absolute Gasteiger partial charge is 0.375 e. The van der Waals surface area contributed by atoms with Crippen LogP contribution >= 0.6 is 0 Å². The van der Waals surface area contributed by atoms with Crippen molar-refractivity contribution in [3.63, 3.8) is 0 Å². The number of hydrogen-bond acceptors (Lipinski definition) is 5. The molecule has 0 N–H and O–H groups in total. The summed E-state index contributed by atoms with van der Waals surface area (Å²) in [6.07, 6.45) is 2.23. The van der Waals surface area contributed by atoms with E-state index in [1.165, 1.54) is 7.11 Å². The van der Waals surface area contributed by atoms with Crippen LogP contribution in [0.4, 0.5) is 0 Å². The molecular formula is C10H14O5. The van der Waals surface area contributed by atoms with E-state index in [1.54, 1.807) is 0 Å². The summed E-state index contributed by atoms with van der Waals surface area (Å²) >= 11 is 0. The van der Waals surface area contributed by atoms with Crippen molar-refractivity contribution in [3.05, 3.63) is 0 Å². The van der Waals surface area contributed by atoms with Gasteiger partial charge in [0, 0.05) is 0 Å². The molecule has 0 aromatic rings. The van der Waals surface area contributed by atoms with Crippen molar-refractivity contribution >= 4 is 17.7 Å². The Balaban J connectivity index is 2.96. The Labute approximate surface area is 87.7 Å². The molecule has 1 fully saturated rings.